The summed E-state index contributed by atoms with van der Waals surface area (Å²) in [5.74, 6) is 0.326. The third kappa shape index (κ3) is 4.06. The average molecular weight is 235 g/mol. The molecule has 0 aromatic carbocycles. The Morgan fingerprint density at radius 3 is 2.76 bits per heavy atom. The van der Waals surface area contributed by atoms with Gasteiger partial charge in [0.15, 0.2) is 0 Å². The minimum Gasteiger partial charge on any atom is -0.384 e. The van der Waals surface area contributed by atoms with Gasteiger partial charge >= 0.3 is 0 Å². The highest BCUT2D eigenvalue weighted by Gasteiger charge is 2.10. The SMILES string of the molecule is CCCC(C)NC(=O)c1cc(N)nc(CC)c1. The maximum atomic E-state index is 12.0. The fraction of sp³-hybridized carbons (Fsp3) is 0.538. The zero-order chi connectivity index (χ0) is 12.8. The molecule has 17 heavy (non-hydrogen) atoms. The highest BCUT2D eigenvalue weighted by atomic mass is 16.1. The number of rotatable bonds is 5. The van der Waals surface area contributed by atoms with Gasteiger partial charge in [0.25, 0.3) is 5.91 Å². The van der Waals surface area contributed by atoms with Gasteiger partial charge in [-0.2, -0.15) is 0 Å². The Bertz CT molecular complexity index is 390. The molecule has 1 rings (SSSR count). The highest BCUT2D eigenvalue weighted by molar-refractivity contribution is 5.95. The molecule has 4 nitrogen and oxygen atoms in total. The van der Waals surface area contributed by atoms with Gasteiger partial charge in [0.05, 0.1) is 0 Å². The number of hydrogen-bond acceptors (Lipinski definition) is 3. The predicted octanol–water partition coefficient (Wildman–Crippen LogP) is 2.14. The summed E-state index contributed by atoms with van der Waals surface area (Å²) in [6.45, 7) is 6.10. The van der Waals surface area contributed by atoms with Crippen LogP contribution in [0, 0.1) is 0 Å². The van der Waals surface area contributed by atoms with Gasteiger partial charge in [-0.15, -0.1) is 0 Å². The van der Waals surface area contributed by atoms with E-state index in [2.05, 4.69) is 17.2 Å². The van der Waals surface area contributed by atoms with Crippen LogP contribution >= 0.6 is 0 Å². The van der Waals surface area contributed by atoms with Gasteiger partial charge in [0, 0.05) is 17.3 Å². The number of nitrogens with two attached hydrogens (primary N) is 1. The lowest BCUT2D eigenvalue weighted by atomic mass is 10.1. The number of pyridine rings is 1. The van der Waals surface area contributed by atoms with Gasteiger partial charge in [-0.1, -0.05) is 20.3 Å². The molecule has 0 fully saturated rings. The molecular weight excluding hydrogens is 214 g/mol. The first-order valence-electron chi connectivity index (χ1n) is 6.14. The van der Waals surface area contributed by atoms with E-state index < -0.39 is 0 Å². The van der Waals surface area contributed by atoms with Crippen molar-refractivity contribution in [2.24, 2.45) is 0 Å². The maximum absolute atomic E-state index is 12.0. The van der Waals surface area contributed by atoms with Crippen LogP contribution in [0.5, 0.6) is 0 Å². The van der Waals surface area contributed by atoms with Crippen LogP contribution in [0.15, 0.2) is 12.1 Å². The van der Waals surface area contributed by atoms with Crippen LogP contribution in [0.3, 0.4) is 0 Å². The van der Waals surface area contributed by atoms with Gasteiger partial charge in [-0.25, -0.2) is 4.98 Å². The van der Waals surface area contributed by atoms with E-state index >= 15 is 0 Å². The lowest BCUT2D eigenvalue weighted by molar-refractivity contribution is 0.0938. The summed E-state index contributed by atoms with van der Waals surface area (Å²) in [7, 11) is 0. The van der Waals surface area contributed by atoms with Crippen molar-refractivity contribution < 1.29 is 4.79 Å². The van der Waals surface area contributed by atoms with E-state index in [-0.39, 0.29) is 11.9 Å². The first-order chi connectivity index (χ1) is 8.06. The summed E-state index contributed by atoms with van der Waals surface area (Å²) in [5.41, 5.74) is 7.11. The fourth-order valence-corrected chi connectivity index (χ4v) is 1.74. The number of aryl methyl sites for hydroxylation is 1. The maximum Gasteiger partial charge on any atom is 0.251 e. The highest BCUT2D eigenvalue weighted by Crippen LogP contribution is 2.09. The Labute approximate surface area is 103 Å². The summed E-state index contributed by atoms with van der Waals surface area (Å²) in [6, 6.07) is 3.60. The Morgan fingerprint density at radius 2 is 2.18 bits per heavy atom. The van der Waals surface area contributed by atoms with Crippen molar-refractivity contribution in [1.82, 2.24) is 10.3 Å². The Hall–Kier alpha value is -1.58. The average Bonchev–Trinajstić information content (AvgIpc) is 2.28. The number of anilines is 1. The van der Waals surface area contributed by atoms with Crippen molar-refractivity contribution in [3.8, 4) is 0 Å². The fourth-order valence-electron chi connectivity index (χ4n) is 1.74. The lowest BCUT2D eigenvalue weighted by Gasteiger charge is -2.13. The summed E-state index contributed by atoms with van der Waals surface area (Å²) in [4.78, 5) is 16.1. The van der Waals surface area contributed by atoms with E-state index in [1.165, 1.54) is 0 Å². The third-order valence-corrected chi connectivity index (χ3v) is 2.62. The molecule has 0 saturated heterocycles. The van der Waals surface area contributed by atoms with Crippen molar-refractivity contribution in [3.05, 3.63) is 23.4 Å². The van der Waals surface area contributed by atoms with Crippen molar-refractivity contribution in [1.29, 1.82) is 0 Å². The molecule has 0 aliphatic heterocycles. The normalized spacial score (nSPS) is 12.2. The standard InChI is InChI=1S/C13H21N3O/c1-4-6-9(3)15-13(17)10-7-11(5-2)16-12(14)8-10/h7-9H,4-6H2,1-3H3,(H2,14,16)(H,15,17). The van der Waals surface area contributed by atoms with E-state index in [0.29, 0.717) is 11.4 Å². The first-order valence-corrected chi connectivity index (χ1v) is 6.14. The van der Waals surface area contributed by atoms with Crippen LogP contribution < -0.4 is 11.1 Å². The molecule has 0 aliphatic rings. The number of carbonyl (C=O) groups is 1. The Balaban J connectivity index is 2.78. The third-order valence-electron chi connectivity index (χ3n) is 2.62. The van der Waals surface area contributed by atoms with E-state index in [1.54, 1.807) is 12.1 Å². The van der Waals surface area contributed by atoms with Gasteiger partial charge < -0.3 is 11.1 Å². The molecule has 0 aliphatic carbocycles. The zero-order valence-corrected chi connectivity index (χ0v) is 10.8. The molecule has 0 saturated carbocycles. The molecule has 1 atom stereocenters. The van der Waals surface area contributed by atoms with Crippen LogP contribution in [0.2, 0.25) is 0 Å². The summed E-state index contributed by atoms with van der Waals surface area (Å²) < 4.78 is 0. The summed E-state index contributed by atoms with van der Waals surface area (Å²) in [6.07, 6.45) is 2.81. The zero-order valence-electron chi connectivity index (χ0n) is 10.8. The Kier molecular flexibility index (Phi) is 4.94. The summed E-state index contributed by atoms with van der Waals surface area (Å²) in [5, 5.41) is 2.95. The number of amides is 1. The van der Waals surface area contributed by atoms with E-state index in [1.807, 2.05) is 13.8 Å². The second kappa shape index (κ2) is 6.23. The van der Waals surface area contributed by atoms with Gasteiger partial charge in [-0.3, -0.25) is 4.79 Å². The van der Waals surface area contributed by atoms with Crippen LogP contribution in [-0.2, 0) is 6.42 Å². The summed E-state index contributed by atoms with van der Waals surface area (Å²) >= 11 is 0. The van der Waals surface area contributed by atoms with Crippen LogP contribution in [0.4, 0.5) is 5.82 Å². The van der Waals surface area contributed by atoms with E-state index in [0.717, 1.165) is 25.0 Å². The molecule has 94 valence electrons. The second-order valence-electron chi connectivity index (χ2n) is 4.29. The number of nitrogen functional groups attached to an aromatic ring is 1. The molecular formula is C13H21N3O. The van der Waals surface area contributed by atoms with Gasteiger partial charge in [-0.05, 0) is 31.9 Å². The van der Waals surface area contributed by atoms with Crippen molar-refractivity contribution in [2.75, 3.05) is 5.73 Å². The molecule has 3 N–H and O–H groups in total. The van der Waals surface area contributed by atoms with Gasteiger partial charge in [0.2, 0.25) is 0 Å². The predicted molar refractivity (Wildman–Crippen MR) is 69.9 cm³/mol. The first kappa shape index (κ1) is 13.5. The van der Waals surface area contributed by atoms with Crippen LogP contribution in [-0.4, -0.2) is 16.9 Å². The molecule has 0 radical (unpaired) electrons. The molecule has 1 aromatic heterocycles. The van der Waals surface area contributed by atoms with Crippen LogP contribution in [0.1, 0.15) is 49.7 Å². The minimum atomic E-state index is -0.0743. The molecule has 0 bridgehead atoms. The second-order valence-corrected chi connectivity index (χ2v) is 4.29. The van der Waals surface area contributed by atoms with Crippen LogP contribution in [0.25, 0.3) is 0 Å². The molecule has 1 aromatic rings. The van der Waals surface area contributed by atoms with E-state index in [4.69, 9.17) is 5.73 Å². The number of nitrogens with zero attached hydrogens (tertiary/aromatic N) is 1. The number of hydrogen-bond donors (Lipinski definition) is 2. The quantitative estimate of drug-likeness (QED) is 0.821. The van der Waals surface area contributed by atoms with Crippen molar-refractivity contribution in [2.45, 2.75) is 46.1 Å². The van der Waals surface area contributed by atoms with E-state index in [9.17, 15) is 4.79 Å². The number of aromatic nitrogens is 1. The molecule has 1 amide bonds. The van der Waals surface area contributed by atoms with Gasteiger partial charge in [0.1, 0.15) is 5.82 Å². The molecule has 0 spiro atoms. The smallest absolute Gasteiger partial charge is 0.251 e. The lowest BCUT2D eigenvalue weighted by Crippen LogP contribution is -2.32. The largest absolute Gasteiger partial charge is 0.384 e. The molecule has 1 heterocycles. The topological polar surface area (TPSA) is 68.0 Å². The molecule has 4 heteroatoms. The Morgan fingerprint density at radius 1 is 1.47 bits per heavy atom. The van der Waals surface area contributed by atoms with Crippen molar-refractivity contribution in [3.63, 3.8) is 0 Å². The number of carbonyl (C=O) groups excluding carboxylic acids is 1. The monoisotopic (exact) mass is 235 g/mol. The minimum absolute atomic E-state index is 0.0743. The number of nitrogens with one attached hydrogen (secondary N) is 1. The van der Waals surface area contributed by atoms with Crippen molar-refractivity contribution >= 4 is 11.7 Å². The molecule has 1 unspecified atom stereocenters.